The van der Waals surface area contributed by atoms with Gasteiger partial charge in [-0.25, -0.2) is 0 Å². The number of aliphatic hydroxyl groups is 1. The first kappa shape index (κ1) is 19.7. The van der Waals surface area contributed by atoms with E-state index in [9.17, 15) is 5.11 Å². The molecular weight excluding hydrogens is 352 g/mol. The van der Waals surface area contributed by atoms with E-state index in [1.165, 1.54) is 34.3 Å². The molecule has 0 aliphatic rings. The van der Waals surface area contributed by atoms with E-state index in [0.29, 0.717) is 0 Å². The Bertz CT molecular complexity index is 861. The highest BCUT2D eigenvalue weighted by Gasteiger charge is 2.36. The molecule has 0 unspecified atom stereocenters. The van der Waals surface area contributed by atoms with E-state index in [0.717, 1.165) is 4.90 Å². The van der Waals surface area contributed by atoms with Gasteiger partial charge in [0.2, 0.25) is 0 Å². The summed E-state index contributed by atoms with van der Waals surface area (Å²) in [6.45, 7) is 7.30. The quantitative estimate of drug-likeness (QED) is 0.490. The molecule has 3 heteroatoms. The topological polar surface area (TPSA) is 29.5 Å². The Kier molecular flexibility index (Phi) is 5.75. The van der Waals surface area contributed by atoms with Crippen LogP contribution in [0.3, 0.4) is 0 Å². The molecule has 3 aromatic carbocycles. The normalized spacial score (nSPS) is 12.2. The largest absolute Gasteiger partial charge is 0.387 e. The van der Waals surface area contributed by atoms with Crippen LogP contribution in [-0.4, -0.2) is 16.3 Å². The van der Waals surface area contributed by atoms with Gasteiger partial charge in [0.1, 0.15) is 5.60 Å². The SMILES string of the molecule is CC(C)(O)C(C)(C)OSc1ccc(-c2ccc(-c3ccccc3)cc2)cc1. The Balaban J connectivity index is 1.69. The molecule has 1 N–H and O–H groups in total. The second kappa shape index (κ2) is 7.89. The number of hydrogen-bond donors (Lipinski definition) is 1. The minimum atomic E-state index is -0.916. The summed E-state index contributed by atoms with van der Waals surface area (Å²) in [7, 11) is 0. The van der Waals surface area contributed by atoms with E-state index in [1.54, 1.807) is 13.8 Å². The maximum Gasteiger partial charge on any atom is 0.106 e. The average molecular weight is 379 g/mol. The lowest BCUT2D eigenvalue weighted by Crippen LogP contribution is -2.45. The molecule has 0 radical (unpaired) electrons. The highest BCUT2D eigenvalue weighted by atomic mass is 32.2. The van der Waals surface area contributed by atoms with E-state index < -0.39 is 11.2 Å². The minimum absolute atomic E-state index is 0.649. The standard InChI is InChI=1S/C24H26O2S/c1-23(2,25)24(3,4)26-27-22-16-14-21(15-17-22)20-12-10-19(11-13-20)18-8-6-5-7-9-18/h5-17,25H,1-4H3. The van der Waals surface area contributed by atoms with Crippen LogP contribution in [0.15, 0.2) is 83.8 Å². The Hall–Kier alpha value is -2.07. The van der Waals surface area contributed by atoms with Gasteiger partial charge in [0, 0.05) is 16.9 Å². The summed E-state index contributed by atoms with van der Waals surface area (Å²) in [4.78, 5) is 1.01. The maximum absolute atomic E-state index is 10.2. The van der Waals surface area contributed by atoms with Crippen LogP contribution in [0.5, 0.6) is 0 Å². The molecule has 0 saturated carbocycles. The third-order valence-corrected chi connectivity index (χ3v) is 5.96. The summed E-state index contributed by atoms with van der Waals surface area (Å²) >= 11 is 1.30. The molecule has 2 nitrogen and oxygen atoms in total. The van der Waals surface area contributed by atoms with Crippen molar-refractivity contribution in [1.29, 1.82) is 0 Å². The molecule has 0 aromatic heterocycles. The van der Waals surface area contributed by atoms with Crippen LogP contribution < -0.4 is 0 Å². The van der Waals surface area contributed by atoms with Gasteiger partial charge in [-0.3, -0.25) is 0 Å². The van der Waals surface area contributed by atoms with Crippen molar-refractivity contribution in [3.63, 3.8) is 0 Å². The Morgan fingerprint density at radius 3 is 1.48 bits per heavy atom. The molecule has 0 aliphatic heterocycles. The van der Waals surface area contributed by atoms with Crippen molar-refractivity contribution < 1.29 is 9.29 Å². The van der Waals surface area contributed by atoms with Gasteiger partial charge in [0.25, 0.3) is 0 Å². The molecule has 140 valence electrons. The molecule has 0 bridgehead atoms. The third kappa shape index (κ3) is 4.81. The van der Waals surface area contributed by atoms with Crippen molar-refractivity contribution in [2.75, 3.05) is 0 Å². The molecule has 3 aromatic rings. The van der Waals surface area contributed by atoms with Gasteiger partial charge in [-0.1, -0.05) is 66.7 Å². The first-order valence-electron chi connectivity index (χ1n) is 9.10. The zero-order valence-electron chi connectivity index (χ0n) is 16.3. The number of benzene rings is 3. The van der Waals surface area contributed by atoms with Gasteiger partial charge < -0.3 is 9.29 Å². The first-order chi connectivity index (χ1) is 12.8. The summed E-state index contributed by atoms with van der Waals surface area (Å²) in [6, 6.07) is 27.3. The first-order valence-corrected chi connectivity index (χ1v) is 9.84. The fourth-order valence-electron chi connectivity index (χ4n) is 2.44. The van der Waals surface area contributed by atoms with Gasteiger partial charge in [0.05, 0.1) is 5.60 Å². The summed E-state index contributed by atoms with van der Waals surface area (Å²) in [5, 5.41) is 10.2. The van der Waals surface area contributed by atoms with E-state index in [4.69, 9.17) is 4.18 Å². The zero-order chi connectivity index (χ0) is 19.5. The van der Waals surface area contributed by atoms with Crippen LogP contribution in [0.2, 0.25) is 0 Å². The smallest absolute Gasteiger partial charge is 0.106 e. The highest BCUT2D eigenvalue weighted by molar-refractivity contribution is 7.94. The lowest BCUT2D eigenvalue weighted by Gasteiger charge is -2.35. The summed E-state index contributed by atoms with van der Waals surface area (Å²) < 4.78 is 5.86. The van der Waals surface area contributed by atoms with Crippen molar-refractivity contribution in [3.05, 3.63) is 78.9 Å². The van der Waals surface area contributed by atoms with Crippen molar-refractivity contribution in [2.24, 2.45) is 0 Å². The average Bonchev–Trinajstić information content (AvgIpc) is 2.67. The molecule has 3 rings (SSSR count). The van der Waals surface area contributed by atoms with Crippen LogP contribution in [0.25, 0.3) is 22.3 Å². The lowest BCUT2D eigenvalue weighted by atomic mass is 9.90. The summed E-state index contributed by atoms with van der Waals surface area (Å²) in [5.41, 5.74) is 3.23. The number of hydrogen-bond acceptors (Lipinski definition) is 3. The zero-order valence-corrected chi connectivity index (χ0v) is 17.1. The van der Waals surface area contributed by atoms with Crippen LogP contribution in [0.4, 0.5) is 0 Å². The van der Waals surface area contributed by atoms with Crippen molar-refractivity contribution in [3.8, 4) is 22.3 Å². The Morgan fingerprint density at radius 1 is 0.630 bits per heavy atom. The lowest BCUT2D eigenvalue weighted by molar-refractivity contribution is -0.0813. The van der Waals surface area contributed by atoms with Crippen LogP contribution in [-0.2, 0) is 4.18 Å². The maximum atomic E-state index is 10.2. The van der Waals surface area contributed by atoms with Gasteiger partial charge >= 0.3 is 0 Å². The molecule has 0 fully saturated rings. The molecule has 0 saturated heterocycles. The van der Waals surface area contributed by atoms with Gasteiger partial charge in [-0.05, 0) is 62.1 Å². The summed E-state index contributed by atoms with van der Waals surface area (Å²) in [6.07, 6.45) is 0. The van der Waals surface area contributed by atoms with Gasteiger partial charge in [0.15, 0.2) is 0 Å². The van der Waals surface area contributed by atoms with Crippen molar-refractivity contribution in [1.82, 2.24) is 0 Å². The fraction of sp³-hybridized carbons (Fsp3) is 0.250. The van der Waals surface area contributed by atoms with Gasteiger partial charge in [-0.15, -0.1) is 0 Å². The Labute approximate surface area is 166 Å². The molecular formula is C24H26O2S. The van der Waals surface area contributed by atoms with E-state index in [1.807, 2.05) is 32.0 Å². The van der Waals surface area contributed by atoms with Crippen LogP contribution in [0.1, 0.15) is 27.7 Å². The monoisotopic (exact) mass is 378 g/mol. The van der Waals surface area contributed by atoms with Gasteiger partial charge in [-0.2, -0.15) is 0 Å². The highest BCUT2D eigenvalue weighted by Crippen LogP contribution is 2.34. The van der Waals surface area contributed by atoms with E-state index in [-0.39, 0.29) is 0 Å². The molecule has 0 amide bonds. The second-order valence-corrected chi connectivity index (χ2v) is 8.51. The van der Waals surface area contributed by atoms with Crippen molar-refractivity contribution in [2.45, 2.75) is 43.8 Å². The predicted molar refractivity (Wildman–Crippen MR) is 115 cm³/mol. The molecule has 0 spiro atoms. The van der Waals surface area contributed by atoms with E-state index >= 15 is 0 Å². The van der Waals surface area contributed by atoms with Crippen LogP contribution >= 0.6 is 12.0 Å². The van der Waals surface area contributed by atoms with E-state index in [2.05, 4.69) is 60.7 Å². The Morgan fingerprint density at radius 2 is 1.04 bits per heavy atom. The molecule has 27 heavy (non-hydrogen) atoms. The van der Waals surface area contributed by atoms with Crippen LogP contribution in [0, 0.1) is 0 Å². The molecule has 0 atom stereocenters. The number of rotatable bonds is 6. The third-order valence-electron chi connectivity index (χ3n) is 5.00. The molecule has 0 heterocycles. The predicted octanol–water partition coefficient (Wildman–Crippen LogP) is 6.59. The second-order valence-electron chi connectivity index (χ2n) is 7.70. The fourth-order valence-corrected chi connectivity index (χ4v) is 3.20. The molecule has 0 aliphatic carbocycles. The summed E-state index contributed by atoms with van der Waals surface area (Å²) in [5.74, 6) is 0. The minimum Gasteiger partial charge on any atom is -0.387 e. The van der Waals surface area contributed by atoms with Crippen molar-refractivity contribution >= 4 is 12.0 Å².